The Morgan fingerprint density at radius 1 is 1.15 bits per heavy atom. The van der Waals surface area contributed by atoms with Gasteiger partial charge in [-0.2, -0.15) is 0 Å². The van der Waals surface area contributed by atoms with Gasteiger partial charge in [0.25, 0.3) is 10.0 Å². The first-order valence-corrected chi connectivity index (χ1v) is 9.85. The second kappa shape index (κ2) is 7.11. The normalized spacial score (nSPS) is 17.2. The highest BCUT2D eigenvalue weighted by molar-refractivity contribution is 7.89. The summed E-state index contributed by atoms with van der Waals surface area (Å²) in [4.78, 5) is 24.8. The van der Waals surface area contributed by atoms with Crippen LogP contribution in [0, 0.1) is 19.7 Å². The lowest BCUT2D eigenvalue weighted by atomic mass is 10.1. The highest BCUT2D eigenvalue weighted by Gasteiger charge is 2.44. The predicted octanol–water partition coefficient (Wildman–Crippen LogP) is 2.76. The molecule has 0 saturated carbocycles. The van der Waals surface area contributed by atoms with Crippen LogP contribution in [0.15, 0.2) is 47.4 Å². The van der Waals surface area contributed by atoms with Gasteiger partial charge in [-0.05, 0) is 61.7 Å². The van der Waals surface area contributed by atoms with Crippen molar-refractivity contribution >= 4 is 27.5 Å². The van der Waals surface area contributed by atoms with E-state index in [1.807, 2.05) is 6.92 Å². The second-order valence-corrected chi connectivity index (χ2v) is 8.31. The van der Waals surface area contributed by atoms with Gasteiger partial charge in [0, 0.05) is 12.1 Å². The van der Waals surface area contributed by atoms with E-state index in [1.54, 1.807) is 13.0 Å². The summed E-state index contributed by atoms with van der Waals surface area (Å²) < 4.78 is 39.9. The Bertz CT molecular complexity index is 1020. The number of carbonyl (C=O) groups excluding carboxylic acids is 2. The van der Waals surface area contributed by atoms with Crippen molar-refractivity contribution in [3.8, 4) is 0 Å². The molecule has 1 aliphatic heterocycles. The number of sulfonamides is 1. The molecule has 0 aliphatic carbocycles. The van der Waals surface area contributed by atoms with Gasteiger partial charge in [0.1, 0.15) is 11.9 Å². The van der Waals surface area contributed by atoms with Crippen LogP contribution < -0.4 is 5.32 Å². The Hall–Kier alpha value is -2.74. The number of hydrogen-bond acceptors (Lipinski definition) is 4. The Labute approximate surface area is 157 Å². The van der Waals surface area contributed by atoms with Crippen molar-refractivity contribution in [3.05, 3.63) is 59.4 Å². The molecule has 2 aromatic rings. The lowest BCUT2D eigenvalue weighted by molar-refractivity contribution is -0.128. The van der Waals surface area contributed by atoms with E-state index in [1.165, 1.54) is 30.3 Å². The minimum absolute atomic E-state index is 0.0376. The molecule has 2 aromatic carbocycles. The van der Waals surface area contributed by atoms with E-state index < -0.39 is 33.7 Å². The molecule has 1 heterocycles. The summed E-state index contributed by atoms with van der Waals surface area (Å²) in [5, 5.41) is 2.48. The predicted molar refractivity (Wildman–Crippen MR) is 98.0 cm³/mol. The maximum absolute atomic E-state index is 13.3. The van der Waals surface area contributed by atoms with Crippen molar-refractivity contribution in [1.82, 2.24) is 4.31 Å². The van der Waals surface area contributed by atoms with E-state index in [0.717, 1.165) is 17.2 Å². The van der Waals surface area contributed by atoms with Crippen LogP contribution in [0.5, 0.6) is 0 Å². The van der Waals surface area contributed by atoms with Crippen LogP contribution in [0.1, 0.15) is 24.0 Å². The van der Waals surface area contributed by atoms with Crippen LogP contribution >= 0.6 is 0 Å². The zero-order valence-corrected chi connectivity index (χ0v) is 15.7. The average Bonchev–Trinajstić information content (AvgIpc) is 3.00. The molecule has 142 valence electrons. The summed E-state index contributed by atoms with van der Waals surface area (Å²) >= 11 is 0. The number of carbonyl (C=O) groups is 2. The van der Waals surface area contributed by atoms with E-state index in [9.17, 15) is 22.4 Å². The number of amides is 2. The van der Waals surface area contributed by atoms with Gasteiger partial charge >= 0.3 is 0 Å². The summed E-state index contributed by atoms with van der Waals surface area (Å²) in [6.07, 6.45) is 0.0232. The third-order valence-electron chi connectivity index (χ3n) is 4.59. The Morgan fingerprint density at radius 3 is 2.56 bits per heavy atom. The molecule has 8 heteroatoms. The van der Waals surface area contributed by atoms with Crippen LogP contribution in [0.3, 0.4) is 0 Å². The first kappa shape index (κ1) is 19.0. The Kier molecular flexibility index (Phi) is 5.01. The van der Waals surface area contributed by atoms with Crippen LogP contribution in [0.2, 0.25) is 0 Å². The van der Waals surface area contributed by atoms with E-state index in [2.05, 4.69) is 5.32 Å². The van der Waals surface area contributed by atoms with Gasteiger partial charge in [-0.3, -0.25) is 9.59 Å². The number of nitrogens with zero attached hydrogens (tertiary/aromatic N) is 1. The van der Waals surface area contributed by atoms with Gasteiger partial charge in [0.05, 0.1) is 4.90 Å². The fraction of sp³-hybridized carbons (Fsp3) is 0.263. The maximum Gasteiger partial charge on any atom is 0.267 e. The van der Waals surface area contributed by atoms with Gasteiger partial charge in [0.15, 0.2) is 0 Å². The van der Waals surface area contributed by atoms with Crippen molar-refractivity contribution in [2.24, 2.45) is 0 Å². The van der Waals surface area contributed by atoms with E-state index in [-0.39, 0.29) is 23.4 Å². The van der Waals surface area contributed by atoms with Crippen LogP contribution in [0.4, 0.5) is 10.1 Å². The number of benzene rings is 2. The summed E-state index contributed by atoms with van der Waals surface area (Å²) in [5.41, 5.74) is 1.88. The van der Waals surface area contributed by atoms with Crippen LogP contribution in [0.25, 0.3) is 0 Å². The lowest BCUT2D eigenvalue weighted by Crippen LogP contribution is -2.45. The topological polar surface area (TPSA) is 83.6 Å². The van der Waals surface area contributed by atoms with Crippen LogP contribution in [-0.4, -0.2) is 30.6 Å². The van der Waals surface area contributed by atoms with Gasteiger partial charge in [-0.25, -0.2) is 17.1 Å². The first-order valence-electron chi connectivity index (χ1n) is 8.41. The number of halogens is 1. The standard InChI is InChI=1S/C19H19FN2O4S/c1-12-6-7-16(10-13(12)2)27(25,26)22-17(8-9-18(22)23)19(24)21-15-5-3-4-14(20)11-15/h3-7,10-11,17H,8-9H2,1-2H3,(H,21,24). The number of nitrogens with one attached hydrogen (secondary N) is 1. The van der Waals surface area contributed by atoms with Gasteiger partial charge < -0.3 is 5.32 Å². The maximum atomic E-state index is 13.3. The molecule has 1 N–H and O–H groups in total. The highest BCUT2D eigenvalue weighted by Crippen LogP contribution is 2.29. The fourth-order valence-corrected chi connectivity index (χ4v) is 4.67. The van der Waals surface area contributed by atoms with E-state index in [4.69, 9.17) is 0 Å². The quantitative estimate of drug-likeness (QED) is 0.870. The second-order valence-electron chi connectivity index (χ2n) is 6.49. The molecule has 1 atom stereocenters. The van der Waals surface area contributed by atoms with Crippen molar-refractivity contribution in [2.45, 2.75) is 37.6 Å². The van der Waals surface area contributed by atoms with Crippen LogP contribution in [-0.2, 0) is 19.6 Å². The molecule has 0 aromatic heterocycles. The minimum Gasteiger partial charge on any atom is -0.324 e. The van der Waals surface area contributed by atoms with Crippen molar-refractivity contribution in [2.75, 3.05) is 5.32 Å². The molecule has 0 bridgehead atoms. The molecule has 1 unspecified atom stereocenters. The zero-order chi connectivity index (χ0) is 19.8. The molecular weight excluding hydrogens is 371 g/mol. The SMILES string of the molecule is Cc1ccc(S(=O)(=O)N2C(=O)CCC2C(=O)Nc2cccc(F)c2)cc1C. The number of anilines is 1. The number of aryl methyl sites for hydroxylation is 2. The number of hydrogen-bond donors (Lipinski definition) is 1. The third kappa shape index (κ3) is 3.71. The lowest BCUT2D eigenvalue weighted by Gasteiger charge is -2.24. The molecule has 1 aliphatic rings. The molecular formula is C19H19FN2O4S. The molecule has 27 heavy (non-hydrogen) atoms. The smallest absolute Gasteiger partial charge is 0.267 e. The Balaban J connectivity index is 1.91. The largest absolute Gasteiger partial charge is 0.324 e. The number of rotatable bonds is 4. The zero-order valence-electron chi connectivity index (χ0n) is 14.9. The molecule has 1 fully saturated rings. The van der Waals surface area contributed by atoms with Crippen molar-refractivity contribution < 1.29 is 22.4 Å². The molecule has 3 rings (SSSR count). The van der Waals surface area contributed by atoms with E-state index >= 15 is 0 Å². The Morgan fingerprint density at radius 2 is 1.89 bits per heavy atom. The summed E-state index contributed by atoms with van der Waals surface area (Å²) in [6.45, 7) is 3.62. The van der Waals surface area contributed by atoms with Gasteiger partial charge in [-0.15, -0.1) is 0 Å². The van der Waals surface area contributed by atoms with E-state index in [0.29, 0.717) is 4.31 Å². The van der Waals surface area contributed by atoms with Gasteiger partial charge in [-0.1, -0.05) is 12.1 Å². The van der Waals surface area contributed by atoms with Crippen molar-refractivity contribution in [1.29, 1.82) is 0 Å². The minimum atomic E-state index is -4.17. The monoisotopic (exact) mass is 390 g/mol. The third-order valence-corrected chi connectivity index (χ3v) is 6.42. The fourth-order valence-electron chi connectivity index (χ4n) is 2.98. The molecule has 1 saturated heterocycles. The summed E-state index contributed by atoms with van der Waals surface area (Å²) in [6, 6.07) is 8.65. The highest BCUT2D eigenvalue weighted by atomic mass is 32.2. The molecule has 2 amide bonds. The molecule has 6 nitrogen and oxygen atoms in total. The summed E-state index contributed by atoms with van der Waals surface area (Å²) in [5.74, 6) is -1.83. The van der Waals surface area contributed by atoms with Gasteiger partial charge in [0.2, 0.25) is 11.8 Å². The molecule has 0 radical (unpaired) electrons. The van der Waals surface area contributed by atoms with Crippen molar-refractivity contribution in [3.63, 3.8) is 0 Å². The summed E-state index contributed by atoms with van der Waals surface area (Å²) in [7, 11) is -4.17. The average molecular weight is 390 g/mol. The molecule has 0 spiro atoms. The first-order chi connectivity index (χ1) is 12.7.